The molecule has 8 heteroatoms. The minimum atomic E-state index is -0.339. The minimum absolute atomic E-state index is 0.0733. The van der Waals surface area contributed by atoms with Crippen LogP contribution in [0.2, 0.25) is 0 Å². The minimum Gasteiger partial charge on any atom is -0.450 e. The zero-order valence-electron chi connectivity index (χ0n) is 34.5. The fourth-order valence-corrected chi connectivity index (χ4v) is 13.8. The van der Waals surface area contributed by atoms with Crippen molar-refractivity contribution >= 4 is 12.0 Å². The number of rotatable bonds is 10. The Morgan fingerprint density at radius 2 is 1.69 bits per heavy atom. The average molecular weight is 717 g/mol. The van der Waals surface area contributed by atoms with Crippen LogP contribution in [0.15, 0.2) is 0 Å². The van der Waals surface area contributed by atoms with E-state index in [0.717, 1.165) is 31.1 Å². The van der Waals surface area contributed by atoms with E-state index in [1.165, 1.54) is 51.4 Å². The van der Waals surface area contributed by atoms with Gasteiger partial charge in [-0.15, -0.1) is 0 Å². The number of nitrogens with zero attached hydrogens (tertiary/aromatic N) is 1. The normalized spacial score (nSPS) is 42.2. The highest BCUT2D eigenvalue weighted by Crippen LogP contribution is 2.89. The maximum atomic E-state index is 12.9. The summed E-state index contributed by atoms with van der Waals surface area (Å²) < 4.78 is 24.7. The van der Waals surface area contributed by atoms with Crippen molar-refractivity contribution in [3.8, 4) is 0 Å². The molecule has 8 nitrogen and oxygen atoms in total. The third-order valence-electron chi connectivity index (χ3n) is 16.0. The maximum Gasteiger partial charge on any atom is 0.406 e. The van der Waals surface area contributed by atoms with E-state index in [9.17, 15) is 9.59 Å². The SMILES string of the molecule is CC.CC.CNC(=O)OCCC[C@@H](C)C1[C@H](OC)CC2[C@@H]3CCC4C(C)(C)[C@@H](OC5CN(C(=O)CC6CC6)CCO5)CCC45[C@@H](C)[C@@]35CC[C@]12C. The molecule has 7 aliphatic rings. The molecule has 2 spiro atoms. The molecule has 0 aromatic rings. The molecule has 1 heterocycles. The van der Waals surface area contributed by atoms with E-state index >= 15 is 0 Å². The standard InChI is InChI=1S/C39H64N2O6.2C2H6/c1-24(9-8-19-46-35(43)40-6)34-29(44-7)22-28-27-12-13-30-36(3,4)31(14-15-39(30)25(2)38(27,39)17-16-37(28,34)5)47-33-23-41(18-20-45-33)32(42)21-26-10-11-26;2*1-2/h24-31,33-34H,8-23H2,1-7H3,(H,40,43);2*1-2H3/t24-,25+,27+,28?,29-,30?,31+,33?,34?,37+,38+,39?;;/m1../s1. The number of carbonyl (C=O) groups excluding carboxylic acids is 2. The molecule has 7 rings (SSSR count). The van der Waals surface area contributed by atoms with Crippen molar-refractivity contribution in [3.05, 3.63) is 0 Å². The van der Waals surface area contributed by atoms with Crippen molar-refractivity contribution in [3.63, 3.8) is 0 Å². The summed E-state index contributed by atoms with van der Waals surface area (Å²) in [4.78, 5) is 26.5. The van der Waals surface area contributed by atoms with Gasteiger partial charge in [-0.2, -0.15) is 0 Å². The quantitative estimate of drug-likeness (QED) is 0.227. The van der Waals surface area contributed by atoms with Crippen LogP contribution in [0.5, 0.6) is 0 Å². The summed E-state index contributed by atoms with van der Waals surface area (Å²) in [6.45, 7) is 23.0. The van der Waals surface area contributed by atoms with Gasteiger partial charge in [0.15, 0.2) is 6.29 Å². The Bertz CT molecular complexity index is 1190. The third kappa shape index (κ3) is 6.91. The first-order chi connectivity index (χ1) is 24.4. The van der Waals surface area contributed by atoms with E-state index in [-0.39, 0.29) is 29.8 Å². The summed E-state index contributed by atoms with van der Waals surface area (Å²) in [5.74, 6) is 4.90. The lowest BCUT2D eigenvalue weighted by Gasteiger charge is -2.60. The lowest BCUT2D eigenvalue weighted by molar-refractivity contribution is -0.244. The predicted molar refractivity (Wildman–Crippen MR) is 203 cm³/mol. The van der Waals surface area contributed by atoms with Gasteiger partial charge in [0.2, 0.25) is 5.91 Å². The first-order valence-electron chi connectivity index (χ1n) is 21.4. The molecule has 0 aromatic carbocycles. The Kier molecular flexibility index (Phi) is 12.9. The molecule has 12 atom stereocenters. The van der Waals surface area contributed by atoms with E-state index in [4.69, 9.17) is 18.9 Å². The number of nitrogens with one attached hydrogen (secondary N) is 1. The van der Waals surface area contributed by atoms with E-state index in [2.05, 4.69) is 39.9 Å². The molecule has 6 aliphatic carbocycles. The van der Waals surface area contributed by atoms with Gasteiger partial charge >= 0.3 is 6.09 Å². The fourth-order valence-electron chi connectivity index (χ4n) is 13.8. The van der Waals surface area contributed by atoms with Crippen LogP contribution in [0.4, 0.5) is 4.79 Å². The monoisotopic (exact) mass is 717 g/mol. The molecular formula is C43H76N2O6. The molecule has 2 amide bonds. The van der Waals surface area contributed by atoms with Crippen molar-refractivity contribution in [2.75, 3.05) is 40.5 Å². The molecular weight excluding hydrogens is 640 g/mol. The molecule has 294 valence electrons. The second kappa shape index (κ2) is 16.2. The topological polar surface area (TPSA) is 86.3 Å². The Labute approximate surface area is 311 Å². The van der Waals surface area contributed by atoms with Crippen LogP contribution in [-0.4, -0.2) is 75.9 Å². The zero-order chi connectivity index (χ0) is 37.4. The van der Waals surface area contributed by atoms with Gasteiger partial charge in [-0.25, -0.2) is 4.79 Å². The second-order valence-corrected chi connectivity index (χ2v) is 18.0. The van der Waals surface area contributed by atoms with Gasteiger partial charge < -0.3 is 29.2 Å². The van der Waals surface area contributed by atoms with Crippen molar-refractivity contribution in [2.24, 2.45) is 63.1 Å². The zero-order valence-corrected chi connectivity index (χ0v) is 34.5. The number of methoxy groups -OCH3 is 1. The van der Waals surface area contributed by atoms with Crippen LogP contribution in [0.3, 0.4) is 0 Å². The number of amides is 2. The van der Waals surface area contributed by atoms with Gasteiger partial charge in [0.05, 0.1) is 32.0 Å². The molecule has 1 saturated heterocycles. The van der Waals surface area contributed by atoms with Crippen LogP contribution < -0.4 is 5.32 Å². The van der Waals surface area contributed by atoms with E-state index < -0.39 is 0 Å². The summed E-state index contributed by atoms with van der Waals surface area (Å²) in [7, 11) is 3.55. The summed E-state index contributed by atoms with van der Waals surface area (Å²) in [6, 6.07) is 0. The molecule has 0 bridgehead atoms. The lowest BCUT2D eigenvalue weighted by Crippen LogP contribution is -2.56. The van der Waals surface area contributed by atoms with Crippen molar-refractivity contribution in [1.82, 2.24) is 10.2 Å². The number of alkyl carbamates (subject to hydrolysis) is 1. The Balaban J connectivity index is 0.00000122. The summed E-state index contributed by atoms with van der Waals surface area (Å²) >= 11 is 0. The second-order valence-electron chi connectivity index (χ2n) is 18.0. The Morgan fingerprint density at radius 3 is 2.35 bits per heavy atom. The predicted octanol–water partition coefficient (Wildman–Crippen LogP) is 9.10. The van der Waals surface area contributed by atoms with Crippen LogP contribution >= 0.6 is 0 Å². The van der Waals surface area contributed by atoms with Crippen molar-refractivity contribution < 1.29 is 28.5 Å². The van der Waals surface area contributed by atoms with Gasteiger partial charge in [0.25, 0.3) is 0 Å². The van der Waals surface area contributed by atoms with Gasteiger partial charge in [0, 0.05) is 27.1 Å². The number of ether oxygens (including phenoxy) is 4. The molecule has 1 N–H and O–H groups in total. The largest absolute Gasteiger partial charge is 0.450 e. The number of hydrogen-bond acceptors (Lipinski definition) is 6. The highest BCUT2D eigenvalue weighted by molar-refractivity contribution is 5.76. The molecule has 5 unspecified atom stereocenters. The smallest absolute Gasteiger partial charge is 0.406 e. The van der Waals surface area contributed by atoms with Crippen LogP contribution in [-0.2, 0) is 23.7 Å². The molecule has 0 radical (unpaired) electrons. The van der Waals surface area contributed by atoms with Gasteiger partial charge in [-0.3, -0.25) is 4.79 Å². The van der Waals surface area contributed by atoms with Gasteiger partial charge in [-0.05, 0) is 134 Å². The van der Waals surface area contributed by atoms with E-state index in [0.29, 0.717) is 84.7 Å². The highest BCUT2D eigenvalue weighted by atomic mass is 16.7. The molecule has 1 aliphatic heterocycles. The first-order valence-corrected chi connectivity index (χ1v) is 21.4. The van der Waals surface area contributed by atoms with Crippen LogP contribution in [0, 0.1) is 63.1 Å². The first kappa shape index (κ1) is 40.8. The number of carbonyl (C=O) groups is 2. The Hall–Kier alpha value is -1.38. The van der Waals surface area contributed by atoms with Crippen molar-refractivity contribution in [1.29, 1.82) is 0 Å². The number of hydrogen-bond donors (Lipinski definition) is 1. The highest BCUT2D eigenvalue weighted by Gasteiger charge is 2.84. The number of fused-ring (bicyclic) bond motifs is 2. The molecule has 7 fully saturated rings. The average Bonchev–Trinajstić information content (AvgIpc) is 4.02. The number of morpholine rings is 1. The summed E-state index contributed by atoms with van der Waals surface area (Å²) in [5, 5.41) is 2.56. The van der Waals surface area contributed by atoms with Crippen LogP contribution in [0.25, 0.3) is 0 Å². The van der Waals surface area contributed by atoms with Crippen molar-refractivity contribution in [2.45, 2.75) is 158 Å². The molecule has 51 heavy (non-hydrogen) atoms. The summed E-state index contributed by atoms with van der Waals surface area (Å²) in [5.41, 5.74) is 1.24. The van der Waals surface area contributed by atoms with E-state index in [1.807, 2.05) is 39.7 Å². The summed E-state index contributed by atoms with van der Waals surface area (Å²) in [6.07, 6.45) is 13.8. The maximum absolute atomic E-state index is 12.9. The fraction of sp³-hybridized carbons (Fsp3) is 0.953. The van der Waals surface area contributed by atoms with Gasteiger partial charge in [-0.1, -0.05) is 62.3 Å². The van der Waals surface area contributed by atoms with E-state index in [1.54, 1.807) is 7.05 Å². The lowest BCUT2D eigenvalue weighted by atomic mass is 9.46. The third-order valence-corrected chi connectivity index (χ3v) is 16.0. The molecule has 0 aromatic heterocycles. The molecule has 6 saturated carbocycles. The van der Waals surface area contributed by atoms with Gasteiger partial charge in [0.1, 0.15) is 0 Å². The Morgan fingerprint density at radius 1 is 0.961 bits per heavy atom. The van der Waals surface area contributed by atoms with Crippen LogP contribution in [0.1, 0.15) is 139 Å².